The maximum Gasteiger partial charge on any atom is 0.255 e. The van der Waals surface area contributed by atoms with Crippen LogP contribution in [0.4, 0.5) is 5.69 Å². The second kappa shape index (κ2) is 9.33. The zero-order chi connectivity index (χ0) is 18.2. The quantitative estimate of drug-likeness (QED) is 0.633. The number of anilines is 1. The smallest absolute Gasteiger partial charge is 0.255 e. The van der Waals surface area contributed by atoms with E-state index in [1.165, 1.54) is 0 Å². The summed E-state index contributed by atoms with van der Waals surface area (Å²) in [5.74, 6) is 0.986. The number of benzene rings is 2. The molecule has 0 spiro atoms. The van der Waals surface area contributed by atoms with Crippen molar-refractivity contribution in [3.05, 3.63) is 52.5 Å². The zero-order valence-electron chi connectivity index (χ0n) is 14.9. The number of aryl methyl sites for hydroxylation is 1. The zero-order valence-corrected chi connectivity index (χ0v) is 15.7. The van der Waals surface area contributed by atoms with Crippen LogP contribution >= 0.6 is 11.6 Å². The standard InChI is InChI=1S/C20H24ClNO3/c1-4-6-12-25-17-11-10-15(13-18(17)24-5-2)20(23)22-19-14(3)8-7-9-16(19)21/h7-11,13H,4-6,12H2,1-3H3,(H,22,23). The van der Waals surface area contributed by atoms with E-state index in [0.717, 1.165) is 18.4 Å². The minimum atomic E-state index is -0.239. The number of halogens is 1. The number of amides is 1. The van der Waals surface area contributed by atoms with E-state index < -0.39 is 0 Å². The average molecular weight is 362 g/mol. The Balaban J connectivity index is 2.20. The van der Waals surface area contributed by atoms with E-state index in [1.54, 1.807) is 24.3 Å². The Hall–Kier alpha value is -2.20. The lowest BCUT2D eigenvalue weighted by Gasteiger charge is -2.14. The van der Waals surface area contributed by atoms with E-state index in [-0.39, 0.29) is 5.91 Å². The summed E-state index contributed by atoms with van der Waals surface area (Å²) >= 11 is 6.18. The number of nitrogens with one attached hydrogen (secondary N) is 1. The molecule has 0 fully saturated rings. The van der Waals surface area contributed by atoms with Crippen LogP contribution in [0, 0.1) is 6.92 Å². The third-order valence-electron chi connectivity index (χ3n) is 3.72. The first kappa shape index (κ1) is 19.1. The molecule has 1 N–H and O–H groups in total. The highest BCUT2D eigenvalue weighted by Crippen LogP contribution is 2.30. The van der Waals surface area contributed by atoms with Crippen LogP contribution in [-0.4, -0.2) is 19.1 Å². The Morgan fingerprint density at radius 3 is 2.60 bits per heavy atom. The summed E-state index contributed by atoms with van der Waals surface area (Å²) in [5.41, 5.74) is 2.02. The second-order valence-electron chi connectivity index (χ2n) is 5.68. The number of hydrogen-bond donors (Lipinski definition) is 1. The predicted molar refractivity (Wildman–Crippen MR) is 102 cm³/mol. The number of para-hydroxylation sites is 1. The molecular weight excluding hydrogens is 338 g/mol. The van der Waals surface area contributed by atoms with E-state index in [0.29, 0.717) is 41.0 Å². The number of unbranched alkanes of at least 4 members (excludes halogenated alkanes) is 1. The van der Waals surface area contributed by atoms with E-state index in [1.807, 2.05) is 26.0 Å². The lowest BCUT2D eigenvalue weighted by molar-refractivity contribution is 0.102. The number of carbonyl (C=O) groups is 1. The summed E-state index contributed by atoms with van der Waals surface area (Å²) in [6, 6.07) is 10.7. The van der Waals surface area contributed by atoms with Crippen LogP contribution in [-0.2, 0) is 0 Å². The fourth-order valence-electron chi connectivity index (χ4n) is 2.34. The third-order valence-corrected chi connectivity index (χ3v) is 4.04. The first-order valence-electron chi connectivity index (χ1n) is 8.52. The average Bonchev–Trinajstić information content (AvgIpc) is 2.59. The lowest BCUT2D eigenvalue weighted by atomic mass is 10.1. The Bertz CT molecular complexity index is 711. The molecule has 0 aromatic heterocycles. The summed E-state index contributed by atoms with van der Waals surface area (Å²) in [4.78, 5) is 12.6. The van der Waals surface area contributed by atoms with Gasteiger partial charge in [0.2, 0.25) is 0 Å². The Morgan fingerprint density at radius 1 is 1.12 bits per heavy atom. The van der Waals surface area contributed by atoms with E-state index >= 15 is 0 Å². The molecule has 25 heavy (non-hydrogen) atoms. The Morgan fingerprint density at radius 2 is 1.92 bits per heavy atom. The summed E-state index contributed by atoms with van der Waals surface area (Å²) in [6.45, 7) is 7.03. The molecule has 0 saturated carbocycles. The molecule has 0 heterocycles. The highest BCUT2D eigenvalue weighted by Gasteiger charge is 2.14. The molecule has 134 valence electrons. The largest absolute Gasteiger partial charge is 0.490 e. The van der Waals surface area contributed by atoms with Gasteiger partial charge in [-0.05, 0) is 50.1 Å². The van der Waals surface area contributed by atoms with Crippen LogP contribution in [0.2, 0.25) is 5.02 Å². The maximum absolute atomic E-state index is 12.6. The van der Waals surface area contributed by atoms with Crippen molar-refractivity contribution >= 4 is 23.2 Å². The van der Waals surface area contributed by atoms with Crippen molar-refractivity contribution in [3.63, 3.8) is 0 Å². The number of hydrogen-bond acceptors (Lipinski definition) is 3. The highest BCUT2D eigenvalue weighted by molar-refractivity contribution is 6.34. The minimum absolute atomic E-state index is 0.239. The van der Waals surface area contributed by atoms with E-state index in [2.05, 4.69) is 12.2 Å². The van der Waals surface area contributed by atoms with Gasteiger partial charge in [0.1, 0.15) is 0 Å². The van der Waals surface area contributed by atoms with Gasteiger partial charge in [-0.1, -0.05) is 37.1 Å². The van der Waals surface area contributed by atoms with Crippen molar-refractivity contribution in [1.82, 2.24) is 0 Å². The summed E-state index contributed by atoms with van der Waals surface area (Å²) in [7, 11) is 0. The molecule has 4 nitrogen and oxygen atoms in total. The van der Waals surface area contributed by atoms with Crippen molar-refractivity contribution in [2.75, 3.05) is 18.5 Å². The van der Waals surface area contributed by atoms with Crippen LogP contribution < -0.4 is 14.8 Å². The molecule has 2 aromatic carbocycles. The second-order valence-corrected chi connectivity index (χ2v) is 6.09. The normalized spacial score (nSPS) is 10.4. The molecule has 1 amide bonds. The summed E-state index contributed by atoms with van der Waals surface area (Å²) in [5, 5.41) is 3.38. The van der Waals surface area contributed by atoms with Gasteiger partial charge in [0.15, 0.2) is 11.5 Å². The molecule has 0 atom stereocenters. The van der Waals surface area contributed by atoms with Crippen LogP contribution in [0.3, 0.4) is 0 Å². The lowest BCUT2D eigenvalue weighted by Crippen LogP contribution is -2.13. The van der Waals surface area contributed by atoms with E-state index in [9.17, 15) is 4.79 Å². The minimum Gasteiger partial charge on any atom is -0.490 e. The monoisotopic (exact) mass is 361 g/mol. The summed E-state index contributed by atoms with van der Waals surface area (Å²) in [6.07, 6.45) is 2.03. The van der Waals surface area contributed by atoms with Crippen LogP contribution in [0.1, 0.15) is 42.6 Å². The topological polar surface area (TPSA) is 47.6 Å². The molecule has 0 aliphatic heterocycles. The van der Waals surface area contributed by atoms with Gasteiger partial charge in [0, 0.05) is 5.56 Å². The molecule has 2 aromatic rings. The predicted octanol–water partition coefficient (Wildman–Crippen LogP) is 5.48. The van der Waals surface area contributed by atoms with Crippen LogP contribution in [0.15, 0.2) is 36.4 Å². The van der Waals surface area contributed by atoms with Gasteiger partial charge in [0.05, 0.1) is 23.9 Å². The molecule has 0 aliphatic rings. The number of carbonyl (C=O) groups excluding carboxylic acids is 1. The molecule has 2 rings (SSSR count). The molecule has 0 saturated heterocycles. The van der Waals surface area contributed by atoms with Gasteiger partial charge < -0.3 is 14.8 Å². The van der Waals surface area contributed by atoms with Crippen molar-refractivity contribution in [1.29, 1.82) is 0 Å². The number of ether oxygens (including phenoxy) is 2. The van der Waals surface area contributed by atoms with Crippen molar-refractivity contribution in [2.45, 2.75) is 33.6 Å². The SMILES string of the molecule is CCCCOc1ccc(C(=O)Nc2c(C)cccc2Cl)cc1OCC. The highest BCUT2D eigenvalue weighted by atomic mass is 35.5. The van der Waals surface area contributed by atoms with Crippen molar-refractivity contribution in [2.24, 2.45) is 0 Å². The van der Waals surface area contributed by atoms with Gasteiger partial charge in [-0.25, -0.2) is 0 Å². The van der Waals surface area contributed by atoms with Crippen molar-refractivity contribution in [3.8, 4) is 11.5 Å². The Kier molecular flexibility index (Phi) is 7.14. The van der Waals surface area contributed by atoms with Gasteiger partial charge in [0.25, 0.3) is 5.91 Å². The fourth-order valence-corrected chi connectivity index (χ4v) is 2.61. The van der Waals surface area contributed by atoms with Gasteiger partial charge in [-0.2, -0.15) is 0 Å². The fraction of sp³-hybridized carbons (Fsp3) is 0.350. The molecule has 5 heteroatoms. The van der Waals surface area contributed by atoms with Gasteiger partial charge in [-0.3, -0.25) is 4.79 Å². The first-order chi connectivity index (χ1) is 12.1. The Labute approximate surface area is 154 Å². The summed E-state index contributed by atoms with van der Waals surface area (Å²) < 4.78 is 11.4. The molecule has 0 unspecified atom stereocenters. The third kappa shape index (κ3) is 5.13. The maximum atomic E-state index is 12.6. The van der Waals surface area contributed by atoms with Gasteiger partial charge in [-0.15, -0.1) is 0 Å². The van der Waals surface area contributed by atoms with E-state index in [4.69, 9.17) is 21.1 Å². The first-order valence-corrected chi connectivity index (χ1v) is 8.90. The molecular formula is C20H24ClNO3. The number of rotatable bonds is 8. The molecule has 0 bridgehead atoms. The van der Waals surface area contributed by atoms with Gasteiger partial charge >= 0.3 is 0 Å². The van der Waals surface area contributed by atoms with Crippen molar-refractivity contribution < 1.29 is 14.3 Å². The molecule has 0 aliphatic carbocycles. The molecule has 0 radical (unpaired) electrons. The van der Waals surface area contributed by atoms with Crippen LogP contribution in [0.5, 0.6) is 11.5 Å². The van der Waals surface area contributed by atoms with Crippen LogP contribution in [0.25, 0.3) is 0 Å².